The monoisotopic (exact) mass is 368 g/mol. The zero-order valence-corrected chi connectivity index (χ0v) is 14.1. The molecule has 0 amide bonds. The van der Waals surface area contributed by atoms with E-state index in [4.69, 9.17) is 23.2 Å². The van der Waals surface area contributed by atoms with Crippen molar-refractivity contribution in [2.45, 2.75) is 26.7 Å². The quantitative estimate of drug-likeness (QED) is 0.637. The van der Waals surface area contributed by atoms with Gasteiger partial charge in [-0.2, -0.15) is 0 Å². The van der Waals surface area contributed by atoms with E-state index in [1.807, 2.05) is 0 Å². The lowest BCUT2D eigenvalue weighted by Crippen LogP contribution is -2.29. The van der Waals surface area contributed by atoms with Crippen LogP contribution in [0, 0.1) is 0 Å². The molecule has 0 spiro atoms. The minimum Gasteiger partial charge on any atom is -0.274 e. The number of imidazole rings is 2. The van der Waals surface area contributed by atoms with Gasteiger partial charge in [-0.3, -0.25) is 28.0 Å². The average Bonchev–Trinajstić information content (AvgIpc) is 3.11. The lowest BCUT2D eigenvalue weighted by Gasteiger charge is -2.01. The van der Waals surface area contributed by atoms with Crippen LogP contribution < -0.4 is 11.1 Å². The number of halogens is 2. The second-order valence-electron chi connectivity index (χ2n) is 4.99. The topological polar surface area (TPSA) is 103 Å². The number of aromatic nitrogens is 4. The van der Waals surface area contributed by atoms with Gasteiger partial charge in [0.2, 0.25) is 0 Å². The van der Waals surface area contributed by atoms with Crippen LogP contribution in [0.1, 0.15) is 46.5 Å². The molecule has 124 valence electrons. The Morgan fingerprint density at radius 3 is 1.42 bits per heavy atom. The maximum atomic E-state index is 12.9. The van der Waals surface area contributed by atoms with E-state index in [1.54, 1.807) is 13.8 Å². The molecule has 0 aliphatic heterocycles. The van der Waals surface area contributed by atoms with Crippen LogP contribution in [-0.2, 0) is 12.8 Å². The largest absolute Gasteiger partial charge is 0.283 e. The highest BCUT2D eigenvalue weighted by Gasteiger charge is 2.27. The SMILES string of the molecule is CCc1nc(C(=O)Cl)c2c(=O)n3c(CC)nc(C(=O)Cl)c3c(=O)n12. The Labute approximate surface area is 144 Å². The first-order valence-electron chi connectivity index (χ1n) is 7.05. The fraction of sp³-hybridized carbons (Fsp3) is 0.286. The minimum atomic E-state index is -0.949. The van der Waals surface area contributed by atoms with E-state index in [0.717, 1.165) is 8.80 Å². The third-order valence-electron chi connectivity index (χ3n) is 3.71. The van der Waals surface area contributed by atoms with E-state index < -0.39 is 21.6 Å². The first kappa shape index (κ1) is 16.5. The summed E-state index contributed by atoms with van der Waals surface area (Å²) in [6, 6.07) is 0. The molecule has 8 nitrogen and oxygen atoms in total. The lowest BCUT2D eigenvalue weighted by molar-refractivity contribution is 0.107. The molecule has 0 fully saturated rings. The van der Waals surface area contributed by atoms with Crippen molar-refractivity contribution >= 4 is 44.7 Å². The summed E-state index contributed by atoms with van der Waals surface area (Å²) in [4.78, 5) is 56.9. The highest BCUT2D eigenvalue weighted by Crippen LogP contribution is 2.16. The maximum absolute atomic E-state index is 12.9. The van der Waals surface area contributed by atoms with Gasteiger partial charge in [0.05, 0.1) is 0 Å². The lowest BCUT2D eigenvalue weighted by atomic mass is 10.3. The van der Waals surface area contributed by atoms with Crippen LogP contribution in [0.25, 0.3) is 11.0 Å². The van der Waals surface area contributed by atoms with Gasteiger partial charge in [-0.05, 0) is 23.2 Å². The van der Waals surface area contributed by atoms with Crippen molar-refractivity contribution in [1.82, 2.24) is 18.8 Å². The summed E-state index contributed by atoms with van der Waals surface area (Å²) in [5, 5.41) is -1.90. The molecule has 0 bridgehead atoms. The fourth-order valence-corrected chi connectivity index (χ4v) is 2.99. The number of carbonyl (C=O) groups excluding carboxylic acids is 2. The van der Waals surface area contributed by atoms with Gasteiger partial charge in [-0.1, -0.05) is 13.8 Å². The van der Waals surface area contributed by atoms with E-state index in [0.29, 0.717) is 0 Å². The van der Waals surface area contributed by atoms with Crippen LogP contribution >= 0.6 is 23.2 Å². The first-order chi connectivity index (χ1) is 11.3. The predicted molar refractivity (Wildman–Crippen MR) is 86.8 cm³/mol. The summed E-state index contributed by atoms with van der Waals surface area (Å²) in [6.07, 6.45) is 0.546. The number of rotatable bonds is 4. The number of hydrogen-bond donors (Lipinski definition) is 0. The Balaban J connectivity index is 2.72. The predicted octanol–water partition coefficient (Wildman–Crippen LogP) is 1.02. The van der Waals surface area contributed by atoms with E-state index in [1.165, 1.54) is 0 Å². The molecular formula is C14H10Cl2N4O4. The van der Waals surface area contributed by atoms with Gasteiger partial charge in [0.25, 0.3) is 21.6 Å². The number of aryl methyl sites for hydroxylation is 2. The highest BCUT2D eigenvalue weighted by atomic mass is 35.5. The van der Waals surface area contributed by atoms with E-state index in [9.17, 15) is 19.2 Å². The molecule has 0 N–H and O–H groups in total. The Bertz CT molecular complexity index is 1040. The summed E-state index contributed by atoms with van der Waals surface area (Å²) >= 11 is 11.0. The van der Waals surface area contributed by atoms with Gasteiger partial charge >= 0.3 is 0 Å². The second-order valence-corrected chi connectivity index (χ2v) is 5.67. The Hall–Kier alpha value is -2.32. The molecular weight excluding hydrogens is 359 g/mol. The maximum Gasteiger partial charge on any atom is 0.283 e. The standard InChI is InChI=1S/C14H10Cl2N4O4/c1-3-5-17-7(11(15)21)9-14(24)20-6(4-2)18-8(12(16)22)10(20)13(23)19(5)9/h3-4H2,1-2H3. The number of fused-ring (bicyclic) bond motifs is 2. The normalized spacial score (nSPS) is 11.5. The number of hydrogen-bond acceptors (Lipinski definition) is 6. The summed E-state index contributed by atoms with van der Waals surface area (Å²) in [6.45, 7) is 3.40. The Kier molecular flexibility index (Phi) is 3.89. The molecule has 3 aromatic heterocycles. The van der Waals surface area contributed by atoms with Gasteiger partial charge in [-0.25, -0.2) is 9.97 Å². The van der Waals surface area contributed by atoms with Gasteiger partial charge in [-0.15, -0.1) is 0 Å². The van der Waals surface area contributed by atoms with Gasteiger partial charge in [0.1, 0.15) is 22.7 Å². The van der Waals surface area contributed by atoms with E-state index in [-0.39, 0.29) is 46.9 Å². The van der Waals surface area contributed by atoms with E-state index >= 15 is 0 Å². The number of nitrogens with zero attached hydrogens (tertiary/aromatic N) is 4. The molecule has 0 aliphatic rings. The van der Waals surface area contributed by atoms with Crippen molar-refractivity contribution in [3.63, 3.8) is 0 Å². The van der Waals surface area contributed by atoms with Gasteiger partial charge in [0.15, 0.2) is 11.4 Å². The smallest absolute Gasteiger partial charge is 0.274 e. The molecule has 24 heavy (non-hydrogen) atoms. The van der Waals surface area contributed by atoms with Gasteiger partial charge in [0, 0.05) is 12.8 Å². The fourth-order valence-electron chi connectivity index (χ4n) is 2.73. The van der Waals surface area contributed by atoms with E-state index in [2.05, 4.69) is 9.97 Å². The van der Waals surface area contributed by atoms with Crippen LogP contribution in [0.2, 0.25) is 0 Å². The molecule has 10 heteroatoms. The highest BCUT2D eigenvalue weighted by molar-refractivity contribution is 6.68. The second kappa shape index (κ2) is 5.64. The van der Waals surface area contributed by atoms with Crippen molar-refractivity contribution in [3.8, 4) is 0 Å². The third-order valence-corrected chi connectivity index (χ3v) is 4.07. The molecule has 0 unspecified atom stereocenters. The van der Waals surface area contributed by atoms with Gasteiger partial charge < -0.3 is 0 Å². The summed E-state index contributed by atoms with van der Waals surface area (Å²) in [5.74, 6) is 0.372. The molecule has 0 aliphatic carbocycles. The minimum absolute atomic E-state index is 0.186. The molecule has 0 atom stereocenters. The van der Waals surface area contributed by atoms with Crippen molar-refractivity contribution in [2.75, 3.05) is 0 Å². The zero-order valence-electron chi connectivity index (χ0n) is 12.6. The van der Waals surface area contributed by atoms with Crippen LogP contribution in [-0.4, -0.2) is 29.3 Å². The molecule has 0 saturated carbocycles. The number of carbonyl (C=O) groups is 2. The Morgan fingerprint density at radius 2 is 1.17 bits per heavy atom. The van der Waals surface area contributed by atoms with Crippen LogP contribution in [0.15, 0.2) is 9.59 Å². The molecule has 0 aromatic carbocycles. The van der Waals surface area contributed by atoms with Crippen molar-refractivity contribution in [1.29, 1.82) is 0 Å². The zero-order chi connectivity index (χ0) is 17.8. The van der Waals surface area contributed by atoms with Crippen LogP contribution in [0.4, 0.5) is 0 Å². The van der Waals surface area contributed by atoms with Crippen LogP contribution in [0.5, 0.6) is 0 Å². The average molecular weight is 369 g/mol. The van der Waals surface area contributed by atoms with Crippen molar-refractivity contribution in [2.24, 2.45) is 0 Å². The molecule has 0 saturated heterocycles. The van der Waals surface area contributed by atoms with Crippen LogP contribution in [0.3, 0.4) is 0 Å². The van der Waals surface area contributed by atoms with Crippen molar-refractivity contribution in [3.05, 3.63) is 43.7 Å². The third kappa shape index (κ3) is 2.06. The summed E-state index contributed by atoms with van der Waals surface area (Å²) < 4.78 is 2.00. The molecule has 3 aromatic rings. The summed E-state index contributed by atoms with van der Waals surface area (Å²) in [7, 11) is 0. The molecule has 3 rings (SSSR count). The summed E-state index contributed by atoms with van der Waals surface area (Å²) in [5.41, 5.74) is -2.46. The Morgan fingerprint density at radius 1 is 0.833 bits per heavy atom. The molecule has 3 heterocycles. The first-order valence-corrected chi connectivity index (χ1v) is 7.81. The van der Waals surface area contributed by atoms with Crippen molar-refractivity contribution < 1.29 is 9.59 Å². The molecule has 0 radical (unpaired) electrons.